The van der Waals surface area contributed by atoms with Gasteiger partial charge >= 0.3 is 0 Å². The summed E-state index contributed by atoms with van der Waals surface area (Å²) in [6.07, 6.45) is 4.51. The van der Waals surface area contributed by atoms with Crippen LogP contribution in [-0.2, 0) is 0 Å². The summed E-state index contributed by atoms with van der Waals surface area (Å²) in [7, 11) is 0. The molecule has 0 aromatic heterocycles. The quantitative estimate of drug-likeness (QED) is 0.669. The van der Waals surface area contributed by atoms with Gasteiger partial charge in [-0.3, -0.25) is 0 Å². The summed E-state index contributed by atoms with van der Waals surface area (Å²) in [5.74, 6) is 0. The first-order chi connectivity index (χ1) is 4.34. The molecule has 0 amide bonds. The fourth-order valence-electron chi connectivity index (χ4n) is 2.03. The molecule has 0 aromatic carbocycles. The van der Waals surface area contributed by atoms with Crippen LogP contribution in [0.15, 0.2) is 0 Å². The van der Waals surface area contributed by atoms with Gasteiger partial charge in [-0.1, -0.05) is 0 Å². The van der Waals surface area contributed by atoms with Crippen LogP contribution in [0.1, 0.15) is 25.7 Å². The van der Waals surface area contributed by atoms with E-state index in [1.165, 1.54) is 12.8 Å². The molecule has 2 rings (SSSR count). The number of nitrogens with one attached hydrogen (secondary N) is 1. The average Bonchev–Trinajstić information content (AvgIpc) is 2.11. The predicted molar refractivity (Wildman–Crippen MR) is 56.9 cm³/mol. The monoisotopic (exact) mass is 235 g/mol. The number of piperidine rings is 1. The van der Waals surface area contributed by atoms with E-state index >= 15 is 0 Å². The molecule has 2 N–H and O–H groups in total. The summed E-state index contributed by atoms with van der Waals surface area (Å²) in [6, 6.07) is 1.28. The van der Waals surface area contributed by atoms with Crippen LogP contribution in [0.25, 0.3) is 0 Å². The number of hydrogen-bond acceptors (Lipinski definition) is 2. The Morgan fingerprint density at radius 3 is 1.75 bits per heavy atom. The maximum absolute atomic E-state index is 9.25. The molecule has 2 aliphatic rings. The van der Waals surface area contributed by atoms with Crippen LogP contribution in [0.5, 0.6) is 0 Å². The zero-order valence-electron chi connectivity index (χ0n) is 6.73. The fraction of sp³-hybridized carbons (Fsp3) is 1.00. The van der Waals surface area contributed by atoms with Crippen molar-refractivity contribution in [3.05, 3.63) is 0 Å². The Morgan fingerprint density at radius 2 is 1.33 bits per heavy atom. The standard InChI is InChI=1S/C7H13NO.3ClH/c9-7-3-5-1-2-6(4-7)8-5;;;/h5-9H,1-4H2;3*1H. The van der Waals surface area contributed by atoms with Crippen LogP contribution in [0.4, 0.5) is 0 Å². The summed E-state index contributed by atoms with van der Waals surface area (Å²) in [5.41, 5.74) is 0. The molecule has 5 heteroatoms. The molecule has 76 valence electrons. The largest absolute Gasteiger partial charge is 0.393 e. The van der Waals surface area contributed by atoms with Gasteiger partial charge in [0.15, 0.2) is 0 Å². The Kier molecular flexibility index (Phi) is 7.99. The van der Waals surface area contributed by atoms with E-state index in [1.54, 1.807) is 0 Å². The molecule has 2 fully saturated rings. The second kappa shape index (κ2) is 6.28. The maximum atomic E-state index is 9.25. The lowest BCUT2D eigenvalue weighted by molar-refractivity contribution is 0.114. The van der Waals surface area contributed by atoms with Gasteiger partial charge in [-0.05, 0) is 25.7 Å². The molecule has 2 unspecified atom stereocenters. The highest BCUT2D eigenvalue weighted by molar-refractivity contribution is 5.86. The summed E-state index contributed by atoms with van der Waals surface area (Å²) < 4.78 is 0. The predicted octanol–water partition coefficient (Wildman–Crippen LogP) is 1.53. The van der Waals surface area contributed by atoms with Gasteiger partial charge in [-0.25, -0.2) is 0 Å². The summed E-state index contributed by atoms with van der Waals surface area (Å²) in [5, 5.41) is 12.7. The highest BCUT2D eigenvalue weighted by atomic mass is 35.5. The summed E-state index contributed by atoms with van der Waals surface area (Å²) >= 11 is 0. The number of hydrogen-bond donors (Lipinski definition) is 2. The highest BCUT2D eigenvalue weighted by Crippen LogP contribution is 2.26. The molecule has 2 bridgehead atoms. The summed E-state index contributed by atoms with van der Waals surface area (Å²) in [4.78, 5) is 0. The van der Waals surface area contributed by atoms with Crippen LogP contribution < -0.4 is 5.32 Å². The van der Waals surface area contributed by atoms with Crippen LogP contribution >= 0.6 is 37.2 Å². The van der Waals surface area contributed by atoms with Crippen molar-refractivity contribution in [1.82, 2.24) is 5.32 Å². The van der Waals surface area contributed by atoms with Crippen LogP contribution in [0.2, 0.25) is 0 Å². The van der Waals surface area contributed by atoms with E-state index in [1.807, 2.05) is 0 Å². The first kappa shape index (κ1) is 15.3. The molecule has 0 aromatic rings. The van der Waals surface area contributed by atoms with E-state index in [9.17, 15) is 5.11 Å². The number of aliphatic hydroxyl groups excluding tert-OH is 1. The van der Waals surface area contributed by atoms with Crippen molar-refractivity contribution in [3.63, 3.8) is 0 Å². The second-order valence-corrected chi connectivity index (χ2v) is 3.26. The minimum absolute atomic E-state index is 0. The van der Waals surface area contributed by atoms with Gasteiger partial charge in [-0.2, -0.15) is 0 Å². The second-order valence-electron chi connectivity index (χ2n) is 3.26. The van der Waals surface area contributed by atoms with Crippen LogP contribution in [-0.4, -0.2) is 23.3 Å². The van der Waals surface area contributed by atoms with E-state index in [4.69, 9.17) is 0 Å². The van der Waals surface area contributed by atoms with Crippen molar-refractivity contribution in [2.75, 3.05) is 0 Å². The molecule has 0 spiro atoms. The Labute approximate surface area is 91.7 Å². The van der Waals surface area contributed by atoms with Gasteiger partial charge in [0.25, 0.3) is 0 Å². The minimum Gasteiger partial charge on any atom is -0.393 e. The summed E-state index contributed by atoms with van der Waals surface area (Å²) in [6.45, 7) is 0. The third-order valence-electron chi connectivity index (χ3n) is 2.45. The van der Waals surface area contributed by atoms with E-state index < -0.39 is 0 Å². The molecule has 2 aliphatic heterocycles. The molecule has 0 aliphatic carbocycles. The number of aliphatic hydroxyl groups is 1. The molecule has 2 nitrogen and oxygen atoms in total. The highest BCUT2D eigenvalue weighted by Gasteiger charge is 2.31. The molecule has 2 heterocycles. The van der Waals surface area contributed by atoms with Crippen LogP contribution in [0, 0.1) is 0 Å². The first-order valence-corrected chi connectivity index (χ1v) is 3.79. The van der Waals surface area contributed by atoms with Gasteiger partial charge in [0.05, 0.1) is 6.10 Å². The lowest BCUT2D eigenvalue weighted by Crippen LogP contribution is -2.40. The molecule has 2 atom stereocenters. The maximum Gasteiger partial charge on any atom is 0.0569 e. The van der Waals surface area contributed by atoms with Crippen LogP contribution in [0.3, 0.4) is 0 Å². The van der Waals surface area contributed by atoms with Gasteiger partial charge in [-0.15, -0.1) is 37.2 Å². The van der Waals surface area contributed by atoms with Crippen molar-refractivity contribution >= 4 is 37.2 Å². The smallest absolute Gasteiger partial charge is 0.0569 e. The average molecular weight is 237 g/mol. The van der Waals surface area contributed by atoms with Crippen molar-refractivity contribution in [2.45, 2.75) is 43.9 Å². The molecule has 12 heavy (non-hydrogen) atoms. The zero-order valence-corrected chi connectivity index (χ0v) is 9.18. The van der Waals surface area contributed by atoms with Gasteiger partial charge in [0, 0.05) is 12.1 Å². The first-order valence-electron chi connectivity index (χ1n) is 3.79. The zero-order chi connectivity index (χ0) is 6.27. The third kappa shape index (κ3) is 3.27. The molecule has 2 saturated heterocycles. The SMILES string of the molecule is Cl.Cl.Cl.OC1CC2CCC(C1)N2. The van der Waals surface area contributed by atoms with E-state index in [2.05, 4.69) is 5.32 Å². The van der Waals surface area contributed by atoms with Gasteiger partial charge in [0.2, 0.25) is 0 Å². The molecular formula is C7H16Cl3NO. The Morgan fingerprint density at radius 1 is 0.917 bits per heavy atom. The molecule has 0 saturated carbocycles. The topological polar surface area (TPSA) is 32.3 Å². The number of halogens is 3. The molecule has 0 radical (unpaired) electrons. The number of rotatable bonds is 0. The van der Waals surface area contributed by atoms with Crippen molar-refractivity contribution in [3.8, 4) is 0 Å². The van der Waals surface area contributed by atoms with Crippen molar-refractivity contribution in [2.24, 2.45) is 0 Å². The van der Waals surface area contributed by atoms with Gasteiger partial charge in [0.1, 0.15) is 0 Å². The van der Waals surface area contributed by atoms with E-state index in [-0.39, 0.29) is 43.3 Å². The van der Waals surface area contributed by atoms with Crippen molar-refractivity contribution < 1.29 is 5.11 Å². The van der Waals surface area contributed by atoms with E-state index in [0.29, 0.717) is 12.1 Å². The van der Waals surface area contributed by atoms with Gasteiger partial charge < -0.3 is 10.4 Å². The van der Waals surface area contributed by atoms with E-state index in [0.717, 1.165) is 12.8 Å². The Balaban J connectivity index is 0. The minimum atomic E-state index is -0.0104. The normalized spacial score (nSPS) is 37.2. The lowest BCUT2D eigenvalue weighted by Gasteiger charge is -2.24. The lowest BCUT2D eigenvalue weighted by atomic mass is 10.0. The third-order valence-corrected chi connectivity index (χ3v) is 2.45. The Hall–Kier alpha value is 0.790. The van der Waals surface area contributed by atoms with Crippen molar-refractivity contribution in [1.29, 1.82) is 0 Å². The number of fused-ring (bicyclic) bond motifs is 2. The fourth-order valence-corrected chi connectivity index (χ4v) is 2.03. The Bertz CT molecular complexity index is 113. The molecular weight excluding hydrogens is 220 g/mol.